The van der Waals surface area contributed by atoms with Crippen molar-refractivity contribution in [1.29, 1.82) is 0 Å². The van der Waals surface area contributed by atoms with Crippen LogP contribution in [0.3, 0.4) is 0 Å². The lowest BCUT2D eigenvalue weighted by atomic mass is 10.6. The normalized spacial score (nSPS) is 38.2. The van der Waals surface area contributed by atoms with Gasteiger partial charge in [0, 0.05) is 11.0 Å². The summed E-state index contributed by atoms with van der Waals surface area (Å²) < 4.78 is 0.463. The fourth-order valence-corrected chi connectivity index (χ4v) is 3.54. The third kappa shape index (κ3) is 1.57. The SMILES string of the molecule is C[C@H]1CS[C@@H](CO)S1. The summed E-state index contributed by atoms with van der Waals surface area (Å²) in [6, 6.07) is 0. The zero-order chi connectivity index (χ0) is 5.98. The average molecular weight is 150 g/mol. The molecule has 0 radical (unpaired) electrons. The first kappa shape index (κ1) is 6.78. The van der Waals surface area contributed by atoms with E-state index in [0.717, 1.165) is 5.25 Å². The van der Waals surface area contributed by atoms with Gasteiger partial charge in [0.2, 0.25) is 0 Å². The maximum absolute atomic E-state index is 8.64. The van der Waals surface area contributed by atoms with Crippen LogP contribution in [0.1, 0.15) is 6.92 Å². The van der Waals surface area contributed by atoms with Crippen LogP contribution in [0.25, 0.3) is 0 Å². The van der Waals surface area contributed by atoms with Crippen molar-refractivity contribution >= 4 is 23.5 Å². The van der Waals surface area contributed by atoms with Crippen LogP contribution in [0.4, 0.5) is 0 Å². The zero-order valence-electron chi connectivity index (χ0n) is 4.83. The molecule has 2 atom stereocenters. The maximum Gasteiger partial charge on any atom is 0.0736 e. The van der Waals surface area contributed by atoms with E-state index in [4.69, 9.17) is 5.11 Å². The van der Waals surface area contributed by atoms with Gasteiger partial charge in [-0.25, -0.2) is 0 Å². The lowest BCUT2D eigenvalue weighted by Crippen LogP contribution is -1.98. The molecule has 1 rings (SSSR count). The summed E-state index contributed by atoms with van der Waals surface area (Å²) in [6.45, 7) is 2.53. The first-order chi connectivity index (χ1) is 3.83. The highest BCUT2D eigenvalue weighted by Gasteiger charge is 2.20. The van der Waals surface area contributed by atoms with Crippen LogP contribution in [-0.4, -0.2) is 27.3 Å². The first-order valence-corrected chi connectivity index (χ1v) is 4.70. The van der Waals surface area contributed by atoms with Gasteiger partial charge in [-0.1, -0.05) is 6.92 Å². The third-order valence-corrected chi connectivity index (χ3v) is 4.30. The Morgan fingerprint density at radius 1 is 1.75 bits per heavy atom. The minimum Gasteiger partial charge on any atom is -0.394 e. The second-order valence-electron chi connectivity index (χ2n) is 1.89. The summed E-state index contributed by atoms with van der Waals surface area (Å²) >= 11 is 3.74. The van der Waals surface area contributed by atoms with Crippen molar-refractivity contribution in [3.63, 3.8) is 0 Å². The van der Waals surface area contributed by atoms with Crippen LogP contribution in [0.2, 0.25) is 0 Å². The second-order valence-corrected chi connectivity index (χ2v) is 5.07. The molecule has 1 nitrogen and oxygen atoms in total. The van der Waals surface area contributed by atoms with E-state index in [1.54, 1.807) is 0 Å². The van der Waals surface area contributed by atoms with E-state index >= 15 is 0 Å². The quantitative estimate of drug-likeness (QED) is 0.606. The van der Waals surface area contributed by atoms with Crippen molar-refractivity contribution in [2.45, 2.75) is 16.8 Å². The van der Waals surface area contributed by atoms with E-state index < -0.39 is 0 Å². The number of rotatable bonds is 1. The predicted molar refractivity (Wildman–Crippen MR) is 40.4 cm³/mol. The van der Waals surface area contributed by atoms with Gasteiger partial charge >= 0.3 is 0 Å². The van der Waals surface area contributed by atoms with Gasteiger partial charge in [0.05, 0.1) is 11.2 Å². The number of hydrogen-bond acceptors (Lipinski definition) is 3. The molecule has 1 aliphatic heterocycles. The lowest BCUT2D eigenvalue weighted by Gasteiger charge is -2.00. The highest BCUT2D eigenvalue weighted by Crippen LogP contribution is 2.36. The molecule has 0 bridgehead atoms. The van der Waals surface area contributed by atoms with Gasteiger partial charge in [-0.2, -0.15) is 0 Å². The largest absolute Gasteiger partial charge is 0.394 e. The maximum atomic E-state index is 8.64. The summed E-state index contributed by atoms with van der Waals surface area (Å²) in [4.78, 5) is 0. The predicted octanol–water partition coefficient (Wildman–Crippen LogP) is 1.17. The number of aliphatic hydroxyl groups is 1. The summed E-state index contributed by atoms with van der Waals surface area (Å²) in [5, 5.41) is 9.39. The van der Waals surface area contributed by atoms with E-state index in [2.05, 4.69) is 6.92 Å². The van der Waals surface area contributed by atoms with Gasteiger partial charge in [0.25, 0.3) is 0 Å². The molecule has 0 saturated carbocycles. The average Bonchev–Trinajstić information content (AvgIpc) is 2.14. The molecule has 0 aliphatic carbocycles. The second kappa shape index (κ2) is 2.99. The summed E-state index contributed by atoms with van der Waals surface area (Å²) in [5.74, 6) is 1.20. The molecule has 1 N–H and O–H groups in total. The highest BCUT2D eigenvalue weighted by molar-refractivity contribution is 8.20. The van der Waals surface area contributed by atoms with Gasteiger partial charge in [-0.3, -0.25) is 0 Å². The Morgan fingerprint density at radius 2 is 2.50 bits per heavy atom. The molecule has 0 unspecified atom stereocenters. The van der Waals surface area contributed by atoms with Crippen molar-refractivity contribution in [3.8, 4) is 0 Å². The van der Waals surface area contributed by atoms with Crippen molar-refractivity contribution in [2.24, 2.45) is 0 Å². The van der Waals surface area contributed by atoms with Gasteiger partial charge < -0.3 is 5.11 Å². The molecule has 3 heteroatoms. The number of thioether (sulfide) groups is 2. The smallest absolute Gasteiger partial charge is 0.0736 e. The molecule has 8 heavy (non-hydrogen) atoms. The minimum atomic E-state index is 0.333. The Kier molecular flexibility index (Phi) is 2.53. The van der Waals surface area contributed by atoms with Crippen molar-refractivity contribution < 1.29 is 5.11 Å². The van der Waals surface area contributed by atoms with Gasteiger partial charge in [-0.05, 0) is 0 Å². The van der Waals surface area contributed by atoms with Crippen LogP contribution in [0, 0.1) is 0 Å². The summed E-state index contributed by atoms with van der Waals surface area (Å²) in [7, 11) is 0. The van der Waals surface area contributed by atoms with Crippen LogP contribution in [0.15, 0.2) is 0 Å². The molecule has 0 aromatic rings. The van der Waals surface area contributed by atoms with Crippen molar-refractivity contribution in [3.05, 3.63) is 0 Å². The standard InChI is InChI=1S/C5H10OS2/c1-4-3-7-5(2-6)8-4/h4-6H,2-3H2,1H3/t4-,5+/m0/s1. The molecule has 0 amide bonds. The summed E-state index contributed by atoms with van der Waals surface area (Å²) in [5.41, 5.74) is 0. The van der Waals surface area contributed by atoms with E-state index in [0.29, 0.717) is 11.2 Å². The fraction of sp³-hybridized carbons (Fsp3) is 1.00. The minimum absolute atomic E-state index is 0.333. The molecule has 0 aromatic carbocycles. The number of aliphatic hydroxyl groups excluding tert-OH is 1. The Balaban J connectivity index is 2.22. The Hall–Kier alpha value is 0.660. The topological polar surface area (TPSA) is 20.2 Å². The molecule has 0 spiro atoms. The van der Waals surface area contributed by atoms with Crippen LogP contribution in [0.5, 0.6) is 0 Å². The molecule has 48 valence electrons. The van der Waals surface area contributed by atoms with Crippen molar-refractivity contribution in [1.82, 2.24) is 0 Å². The van der Waals surface area contributed by atoms with E-state index in [-0.39, 0.29) is 0 Å². The lowest BCUT2D eigenvalue weighted by molar-refractivity contribution is 0.316. The first-order valence-electron chi connectivity index (χ1n) is 2.71. The summed E-state index contributed by atoms with van der Waals surface area (Å²) in [6.07, 6.45) is 0. The van der Waals surface area contributed by atoms with E-state index in [1.807, 2.05) is 23.5 Å². The molecule has 0 aromatic heterocycles. The molecule has 1 saturated heterocycles. The van der Waals surface area contributed by atoms with Gasteiger partial charge in [0.1, 0.15) is 0 Å². The zero-order valence-corrected chi connectivity index (χ0v) is 6.47. The van der Waals surface area contributed by atoms with Crippen LogP contribution in [-0.2, 0) is 0 Å². The van der Waals surface area contributed by atoms with Crippen LogP contribution < -0.4 is 0 Å². The Labute approximate surface area is 58.2 Å². The molecular formula is C5H10OS2. The number of hydrogen-bond donors (Lipinski definition) is 1. The third-order valence-electron chi connectivity index (χ3n) is 1.05. The van der Waals surface area contributed by atoms with E-state index in [9.17, 15) is 0 Å². The molecule has 1 heterocycles. The van der Waals surface area contributed by atoms with E-state index in [1.165, 1.54) is 5.75 Å². The monoisotopic (exact) mass is 150 g/mol. The van der Waals surface area contributed by atoms with Gasteiger partial charge in [0.15, 0.2) is 0 Å². The molecular weight excluding hydrogens is 140 g/mol. The highest BCUT2D eigenvalue weighted by atomic mass is 32.2. The molecule has 1 fully saturated rings. The fourth-order valence-electron chi connectivity index (χ4n) is 0.676. The van der Waals surface area contributed by atoms with Gasteiger partial charge in [-0.15, -0.1) is 23.5 Å². The Bertz CT molecular complexity index is 76.8. The molecule has 1 aliphatic rings. The van der Waals surface area contributed by atoms with Crippen LogP contribution >= 0.6 is 23.5 Å². The van der Waals surface area contributed by atoms with Crippen molar-refractivity contribution in [2.75, 3.05) is 12.4 Å². The Morgan fingerprint density at radius 3 is 2.75 bits per heavy atom.